The quantitative estimate of drug-likeness (QED) is 0.843. The van der Waals surface area contributed by atoms with E-state index in [2.05, 4.69) is 14.7 Å². The molecule has 0 radical (unpaired) electrons. The number of hydrogen-bond donors (Lipinski definition) is 1. The topological polar surface area (TPSA) is 55.1 Å². The SMILES string of the molecule is O=C(Nc1ccc(Cl)nc1)c1cc(F)c(F)o1. The summed E-state index contributed by atoms with van der Waals surface area (Å²) in [5.41, 5.74) is 0.330. The van der Waals surface area contributed by atoms with Gasteiger partial charge in [-0.25, -0.2) is 4.98 Å². The predicted octanol–water partition coefficient (Wildman–Crippen LogP) is 2.86. The van der Waals surface area contributed by atoms with E-state index in [1.54, 1.807) is 0 Å². The molecule has 0 aliphatic heterocycles. The molecule has 0 aliphatic carbocycles. The van der Waals surface area contributed by atoms with Crippen LogP contribution in [0.5, 0.6) is 0 Å². The molecular formula is C10H5ClF2N2O2. The molecule has 2 aromatic rings. The second-order valence-corrected chi connectivity index (χ2v) is 3.44. The van der Waals surface area contributed by atoms with Crippen molar-refractivity contribution in [3.05, 3.63) is 47.1 Å². The van der Waals surface area contributed by atoms with E-state index in [4.69, 9.17) is 11.6 Å². The Hall–Kier alpha value is -1.95. The first-order chi connectivity index (χ1) is 8.06. The van der Waals surface area contributed by atoms with Gasteiger partial charge in [-0.05, 0) is 12.1 Å². The van der Waals surface area contributed by atoms with Gasteiger partial charge in [-0.1, -0.05) is 11.6 Å². The minimum atomic E-state index is -1.43. The molecule has 17 heavy (non-hydrogen) atoms. The maximum atomic E-state index is 12.6. The lowest BCUT2D eigenvalue weighted by Gasteiger charge is -2.01. The summed E-state index contributed by atoms with van der Waals surface area (Å²) < 4.78 is 29.4. The van der Waals surface area contributed by atoms with E-state index < -0.39 is 23.5 Å². The van der Waals surface area contributed by atoms with Crippen LogP contribution in [0.2, 0.25) is 5.15 Å². The standard InChI is InChI=1S/C10H5ClF2N2O2/c11-8-2-1-5(4-14-8)15-10(16)7-3-6(12)9(13)17-7/h1-4H,(H,15,16). The molecule has 0 aromatic carbocycles. The average molecular weight is 259 g/mol. The van der Waals surface area contributed by atoms with E-state index in [9.17, 15) is 13.6 Å². The molecule has 0 unspecified atom stereocenters. The van der Waals surface area contributed by atoms with Crippen LogP contribution in [-0.4, -0.2) is 10.9 Å². The fraction of sp³-hybridized carbons (Fsp3) is 0. The normalized spacial score (nSPS) is 10.3. The number of furan rings is 1. The van der Waals surface area contributed by atoms with E-state index in [1.807, 2.05) is 0 Å². The van der Waals surface area contributed by atoms with Gasteiger partial charge in [0.15, 0.2) is 11.6 Å². The number of rotatable bonds is 2. The van der Waals surface area contributed by atoms with Crippen LogP contribution >= 0.6 is 11.6 Å². The summed E-state index contributed by atoms with van der Waals surface area (Å²) in [7, 11) is 0. The first-order valence-electron chi connectivity index (χ1n) is 4.44. The predicted molar refractivity (Wildman–Crippen MR) is 55.8 cm³/mol. The summed E-state index contributed by atoms with van der Waals surface area (Å²) in [5.74, 6) is -2.46. The van der Waals surface area contributed by atoms with E-state index >= 15 is 0 Å². The number of carbonyl (C=O) groups is 1. The Bertz CT molecular complexity index is 534. The van der Waals surface area contributed by atoms with Gasteiger partial charge in [0.1, 0.15) is 5.15 Å². The fourth-order valence-electron chi connectivity index (χ4n) is 1.10. The van der Waals surface area contributed by atoms with E-state index in [0.29, 0.717) is 11.8 Å². The highest BCUT2D eigenvalue weighted by Gasteiger charge is 2.16. The summed E-state index contributed by atoms with van der Waals surface area (Å²) in [6, 6.07) is 2.18. The second kappa shape index (κ2) is 4.50. The van der Waals surface area contributed by atoms with Crippen LogP contribution in [0.15, 0.2) is 28.8 Å². The largest absolute Gasteiger partial charge is 0.424 e. The summed E-state index contributed by atoms with van der Waals surface area (Å²) in [6.45, 7) is 0. The van der Waals surface area contributed by atoms with Crippen LogP contribution in [0.4, 0.5) is 14.5 Å². The zero-order valence-electron chi connectivity index (χ0n) is 8.21. The number of pyridine rings is 1. The van der Waals surface area contributed by atoms with Gasteiger partial charge in [0, 0.05) is 6.07 Å². The minimum absolute atomic E-state index is 0.262. The van der Waals surface area contributed by atoms with Crippen molar-refractivity contribution in [2.75, 3.05) is 5.32 Å². The number of nitrogens with one attached hydrogen (secondary N) is 1. The third kappa shape index (κ3) is 2.59. The number of nitrogens with zero attached hydrogens (tertiary/aromatic N) is 1. The molecule has 2 heterocycles. The molecule has 0 bridgehead atoms. The molecular weight excluding hydrogens is 254 g/mol. The van der Waals surface area contributed by atoms with Crippen molar-refractivity contribution >= 4 is 23.2 Å². The van der Waals surface area contributed by atoms with E-state index in [0.717, 1.165) is 0 Å². The molecule has 4 nitrogen and oxygen atoms in total. The smallest absolute Gasteiger partial charge is 0.314 e. The van der Waals surface area contributed by atoms with E-state index in [1.165, 1.54) is 18.3 Å². The molecule has 7 heteroatoms. The van der Waals surface area contributed by atoms with E-state index in [-0.39, 0.29) is 5.15 Å². The number of anilines is 1. The lowest BCUT2D eigenvalue weighted by molar-refractivity contribution is 0.0988. The average Bonchev–Trinajstić information content (AvgIpc) is 2.63. The minimum Gasteiger partial charge on any atom is -0.424 e. The van der Waals surface area contributed by atoms with Crippen LogP contribution in [0, 0.1) is 11.8 Å². The number of hydrogen-bond acceptors (Lipinski definition) is 3. The molecule has 1 N–H and O–H groups in total. The van der Waals surface area contributed by atoms with Crippen LogP contribution in [0.3, 0.4) is 0 Å². The van der Waals surface area contributed by atoms with Crippen molar-refractivity contribution in [2.45, 2.75) is 0 Å². The number of amides is 1. The van der Waals surface area contributed by atoms with Crippen LogP contribution in [0.1, 0.15) is 10.6 Å². The van der Waals surface area contributed by atoms with Gasteiger partial charge in [0.2, 0.25) is 0 Å². The third-order valence-electron chi connectivity index (χ3n) is 1.85. The van der Waals surface area contributed by atoms with Gasteiger partial charge in [-0.15, -0.1) is 0 Å². The molecule has 0 fully saturated rings. The van der Waals surface area contributed by atoms with Crippen LogP contribution in [0.25, 0.3) is 0 Å². The Labute approximate surface area is 99.2 Å². The number of halogens is 3. The lowest BCUT2D eigenvalue weighted by atomic mass is 10.3. The Morgan fingerprint density at radius 2 is 2.18 bits per heavy atom. The van der Waals surface area contributed by atoms with Crippen molar-refractivity contribution in [1.82, 2.24) is 4.98 Å². The number of carbonyl (C=O) groups excluding carboxylic acids is 1. The Morgan fingerprint density at radius 1 is 1.41 bits per heavy atom. The van der Waals surface area contributed by atoms with Crippen molar-refractivity contribution < 1.29 is 18.0 Å². The first-order valence-corrected chi connectivity index (χ1v) is 4.82. The van der Waals surface area contributed by atoms with Gasteiger partial charge in [0.05, 0.1) is 11.9 Å². The zero-order chi connectivity index (χ0) is 12.4. The molecule has 2 rings (SSSR count). The third-order valence-corrected chi connectivity index (χ3v) is 2.08. The maximum Gasteiger partial charge on any atom is 0.314 e. The molecule has 0 aliphatic rings. The van der Waals surface area contributed by atoms with Crippen molar-refractivity contribution in [3.63, 3.8) is 0 Å². The van der Waals surface area contributed by atoms with Crippen molar-refractivity contribution in [3.8, 4) is 0 Å². The summed E-state index contributed by atoms with van der Waals surface area (Å²) in [6.07, 6.45) is 1.30. The second-order valence-electron chi connectivity index (χ2n) is 3.06. The lowest BCUT2D eigenvalue weighted by Crippen LogP contribution is -2.10. The Kier molecular flexibility index (Phi) is 3.06. The molecule has 0 saturated carbocycles. The first kappa shape index (κ1) is 11.5. The summed E-state index contributed by atoms with van der Waals surface area (Å²) in [4.78, 5) is 15.2. The monoisotopic (exact) mass is 258 g/mol. The van der Waals surface area contributed by atoms with Crippen molar-refractivity contribution in [2.24, 2.45) is 0 Å². The maximum absolute atomic E-state index is 12.6. The molecule has 2 aromatic heterocycles. The van der Waals surface area contributed by atoms with Crippen LogP contribution < -0.4 is 5.32 Å². The molecule has 0 spiro atoms. The molecule has 88 valence electrons. The zero-order valence-corrected chi connectivity index (χ0v) is 8.96. The summed E-state index contributed by atoms with van der Waals surface area (Å²) in [5, 5.41) is 2.60. The molecule has 1 amide bonds. The highest BCUT2D eigenvalue weighted by molar-refractivity contribution is 6.29. The number of aromatic nitrogens is 1. The van der Waals surface area contributed by atoms with Gasteiger partial charge >= 0.3 is 6.01 Å². The van der Waals surface area contributed by atoms with Crippen molar-refractivity contribution in [1.29, 1.82) is 0 Å². The van der Waals surface area contributed by atoms with Gasteiger partial charge in [-0.3, -0.25) is 4.79 Å². The highest BCUT2D eigenvalue weighted by Crippen LogP contribution is 2.15. The summed E-state index contributed by atoms with van der Waals surface area (Å²) >= 11 is 5.55. The van der Waals surface area contributed by atoms with Gasteiger partial charge < -0.3 is 9.73 Å². The van der Waals surface area contributed by atoms with Crippen LogP contribution in [-0.2, 0) is 0 Å². The van der Waals surface area contributed by atoms with Gasteiger partial charge in [-0.2, -0.15) is 8.78 Å². The Morgan fingerprint density at radius 3 is 2.71 bits per heavy atom. The molecule has 0 saturated heterocycles. The van der Waals surface area contributed by atoms with Gasteiger partial charge in [0.25, 0.3) is 5.91 Å². The molecule has 0 atom stereocenters. The Balaban J connectivity index is 2.14. The fourth-order valence-corrected chi connectivity index (χ4v) is 1.21. The highest BCUT2D eigenvalue weighted by atomic mass is 35.5.